The molecule has 10 nitrogen and oxygen atoms in total. The Kier molecular flexibility index (Phi) is 4.37. The van der Waals surface area contributed by atoms with Gasteiger partial charge in [-0.15, -0.1) is 0 Å². The van der Waals surface area contributed by atoms with Gasteiger partial charge in [0, 0.05) is 29.6 Å². The van der Waals surface area contributed by atoms with Crippen LogP contribution in [-0.2, 0) is 4.74 Å². The highest BCUT2D eigenvalue weighted by Gasteiger charge is 2.26. The lowest BCUT2D eigenvalue weighted by Gasteiger charge is -2.33. The molecule has 1 aliphatic rings. The molecule has 0 bridgehead atoms. The number of anilines is 3. The maximum atomic E-state index is 13.5. The number of morpholine rings is 1. The van der Waals surface area contributed by atoms with Crippen molar-refractivity contribution in [2.45, 2.75) is 6.10 Å². The van der Waals surface area contributed by atoms with Crippen LogP contribution in [0.1, 0.15) is 11.9 Å². The third kappa shape index (κ3) is 3.48. The van der Waals surface area contributed by atoms with Crippen LogP contribution in [0.5, 0.6) is 0 Å². The minimum absolute atomic E-state index is 0.175. The van der Waals surface area contributed by atoms with Crippen molar-refractivity contribution in [3.05, 3.63) is 54.1 Å². The van der Waals surface area contributed by atoms with Gasteiger partial charge in [-0.25, -0.2) is 14.4 Å². The van der Waals surface area contributed by atoms with Crippen LogP contribution < -0.4 is 16.4 Å². The standard InChI is InChI=1S/C22H20FN9O/c23-12-2-4-14-17(8-12)27-21(26-14)18-10-32(5-6-33-18)19-9-15(28-22(25)29-19)11-1-3-13-16(7-11)30-31-20(13)24/h1-4,7-9,18H,5-6,10H2,(H,26,27)(H3,24,30,31)(H2,25,28,29). The third-order valence-corrected chi connectivity index (χ3v) is 5.78. The van der Waals surface area contributed by atoms with E-state index in [-0.39, 0.29) is 17.9 Å². The summed E-state index contributed by atoms with van der Waals surface area (Å²) in [5.74, 6) is 1.63. The summed E-state index contributed by atoms with van der Waals surface area (Å²) in [5, 5.41) is 7.81. The molecule has 3 aromatic heterocycles. The quantitative estimate of drug-likeness (QED) is 0.331. The molecule has 1 atom stereocenters. The highest BCUT2D eigenvalue weighted by Crippen LogP contribution is 2.30. The van der Waals surface area contributed by atoms with E-state index in [1.165, 1.54) is 12.1 Å². The molecule has 2 aromatic carbocycles. The van der Waals surface area contributed by atoms with E-state index in [9.17, 15) is 4.39 Å². The third-order valence-electron chi connectivity index (χ3n) is 5.78. The lowest BCUT2D eigenvalue weighted by molar-refractivity contribution is 0.0345. The van der Waals surface area contributed by atoms with Gasteiger partial charge in [-0.05, 0) is 24.3 Å². The molecule has 0 saturated carbocycles. The van der Waals surface area contributed by atoms with Gasteiger partial charge in [-0.2, -0.15) is 10.1 Å². The average molecular weight is 445 g/mol. The molecule has 1 saturated heterocycles. The van der Waals surface area contributed by atoms with E-state index in [0.717, 1.165) is 22.0 Å². The number of halogens is 1. The van der Waals surface area contributed by atoms with Crippen LogP contribution in [0.2, 0.25) is 0 Å². The van der Waals surface area contributed by atoms with Crippen molar-refractivity contribution in [3.63, 3.8) is 0 Å². The van der Waals surface area contributed by atoms with Gasteiger partial charge in [0.1, 0.15) is 23.6 Å². The van der Waals surface area contributed by atoms with E-state index in [4.69, 9.17) is 16.2 Å². The van der Waals surface area contributed by atoms with Gasteiger partial charge >= 0.3 is 0 Å². The summed E-state index contributed by atoms with van der Waals surface area (Å²) in [7, 11) is 0. The van der Waals surface area contributed by atoms with Crippen molar-refractivity contribution in [2.24, 2.45) is 0 Å². The van der Waals surface area contributed by atoms with E-state index in [2.05, 4.69) is 35.0 Å². The molecule has 0 aliphatic carbocycles. The molecule has 0 radical (unpaired) electrons. The predicted molar refractivity (Wildman–Crippen MR) is 123 cm³/mol. The van der Waals surface area contributed by atoms with Gasteiger partial charge in [-0.3, -0.25) is 5.10 Å². The van der Waals surface area contributed by atoms with E-state index >= 15 is 0 Å². The first-order chi connectivity index (χ1) is 16.0. The van der Waals surface area contributed by atoms with E-state index < -0.39 is 0 Å². The van der Waals surface area contributed by atoms with E-state index in [0.29, 0.717) is 48.4 Å². The maximum absolute atomic E-state index is 13.5. The Morgan fingerprint density at radius 3 is 2.85 bits per heavy atom. The molecule has 5 aromatic rings. The topological polar surface area (TPSA) is 148 Å². The van der Waals surface area contributed by atoms with Gasteiger partial charge in [0.2, 0.25) is 5.95 Å². The van der Waals surface area contributed by atoms with E-state index in [1.54, 1.807) is 6.07 Å². The SMILES string of the molecule is Nc1nc(-c2ccc3c(N)n[nH]c3c2)cc(N2CCOC(c3nc4cc(F)ccc4[nH]3)C2)n1. The number of ether oxygens (including phenoxy) is 1. The minimum Gasteiger partial charge on any atom is -0.382 e. The monoisotopic (exact) mass is 445 g/mol. The second kappa shape index (κ2) is 7.41. The zero-order valence-electron chi connectivity index (χ0n) is 17.4. The van der Waals surface area contributed by atoms with Gasteiger partial charge in [0.15, 0.2) is 5.82 Å². The van der Waals surface area contributed by atoms with Crippen molar-refractivity contribution in [2.75, 3.05) is 36.1 Å². The smallest absolute Gasteiger partial charge is 0.222 e. The number of nitrogens with one attached hydrogen (secondary N) is 2. The van der Waals surface area contributed by atoms with Gasteiger partial charge in [0.25, 0.3) is 0 Å². The Balaban J connectivity index is 1.31. The number of imidazole rings is 1. The Morgan fingerprint density at radius 1 is 1.03 bits per heavy atom. The molecule has 166 valence electrons. The number of hydrogen-bond donors (Lipinski definition) is 4. The Morgan fingerprint density at radius 2 is 1.94 bits per heavy atom. The summed E-state index contributed by atoms with van der Waals surface area (Å²) in [6, 6.07) is 12.1. The lowest BCUT2D eigenvalue weighted by Crippen LogP contribution is -2.39. The van der Waals surface area contributed by atoms with Crippen molar-refractivity contribution < 1.29 is 9.13 Å². The number of aromatic amines is 2. The molecular formula is C22H20FN9O. The van der Waals surface area contributed by atoms with Crippen LogP contribution in [0.25, 0.3) is 33.2 Å². The number of nitrogens with two attached hydrogens (primary N) is 2. The van der Waals surface area contributed by atoms with Crippen LogP contribution >= 0.6 is 0 Å². The van der Waals surface area contributed by atoms with Crippen molar-refractivity contribution in [3.8, 4) is 11.3 Å². The van der Waals surface area contributed by atoms with Crippen molar-refractivity contribution in [1.29, 1.82) is 0 Å². The van der Waals surface area contributed by atoms with Crippen LogP contribution in [0, 0.1) is 5.82 Å². The summed E-state index contributed by atoms with van der Waals surface area (Å²) in [5.41, 5.74) is 15.6. The van der Waals surface area contributed by atoms with Crippen LogP contribution in [0.3, 0.4) is 0 Å². The first kappa shape index (κ1) is 19.4. The summed E-state index contributed by atoms with van der Waals surface area (Å²) in [6.45, 7) is 1.63. The summed E-state index contributed by atoms with van der Waals surface area (Å²) < 4.78 is 19.5. The fraction of sp³-hybridized carbons (Fsp3) is 0.182. The number of benzene rings is 2. The van der Waals surface area contributed by atoms with Crippen LogP contribution in [0.15, 0.2) is 42.5 Å². The molecule has 33 heavy (non-hydrogen) atoms. The molecule has 1 aliphatic heterocycles. The molecule has 0 spiro atoms. The Labute approximate surface area is 186 Å². The molecule has 4 heterocycles. The normalized spacial score (nSPS) is 16.6. The highest BCUT2D eigenvalue weighted by molar-refractivity contribution is 5.91. The molecule has 0 amide bonds. The molecule has 11 heteroatoms. The Hall–Kier alpha value is -4.25. The molecule has 1 fully saturated rings. The maximum Gasteiger partial charge on any atom is 0.222 e. The highest BCUT2D eigenvalue weighted by atomic mass is 19.1. The minimum atomic E-state index is -0.327. The molecule has 1 unspecified atom stereocenters. The van der Waals surface area contributed by atoms with Gasteiger partial charge < -0.3 is 26.1 Å². The molecule has 6 N–H and O–H groups in total. The van der Waals surface area contributed by atoms with Gasteiger partial charge in [-0.1, -0.05) is 6.07 Å². The predicted octanol–water partition coefficient (Wildman–Crippen LogP) is 2.78. The number of aromatic nitrogens is 6. The molecule has 6 rings (SSSR count). The lowest BCUT2D eigenvalue weighted by atomic mass is 10.1. The fourth-order valence-electron chi connectivity index (χ4n) is 4.14. The van der Waals surface area contributed by atoms with Crippen LogP contribution in [-0.4, -0.2) is 49.8 Å². The number of nitrogen functional groups attached to an aromatic ring is 2. The van der Waals surface area contributed by atoms with E-state index in [1.807, 2.05) is 24.3 Å². The van der Waals surface area contributed by atoms with Crippen molar-refractivity contribution >= 4 is 39.5 Å². The average Bonchev–Trinajstić information content (AvgIpc) is 3.41. The van der Waals surface area contributed by atoms with Crippen molar-refractivity contribution in [1.82, 2.24) is 30.1 Å². The summed E-state index contributed by atoms with van der Waals surface area (Å²) >= 11 is 0. The number of H-pyrrole nitrogens is 2. The number of fused-ring (bicyclic) bond motifs is 2. The number of hydrogen-bond acceptors (Lipinski definition) is 8. The summed E-state index contributed by atoms with van der Waals surface area (Å²) in [4.78, 5) is 18.7. The first-order valence-corrected chi connectivity index (χ1v) is 10.4. The summed E-state index contributed by atoms with van der Waals surface area (Å²) in [6.07, 6.45) is -0.321. The second-order valence-corrected chi connectivity index (χ2v) is 7.93. The second-order valence-electron chi connectivity index (χ2n) is 7.93. The zero-order chi connectivity index (χ0) is 22.5. The molecular weight excluding hydrogens is 425 g/mol. The fourth-order valence-corrected chi connectivity index (χ4v) is 4.14. The number of nitrogens with zero attached hydrogens (tertiary/aromatic N) is 5. The largest absolute Gasteiger partial charge is 0.382 e. The van der Waals surface area contributed by atoms with Crippen LogP contribution in [0.4, 0.5) is 22.0 Å². The number of rotatable bonds is 3. The first-order valence-electron chi connectivity index (χ1n) is 10.4. The Bertz CT molecular complexity index is 1490. The zero-order valence-corrected chi connectivity index (χ0v) is 17.4. The van der Waals surface area contributed by atoms with Gasteiger partial charge in [0.05, 0.1) is 35.4 Å².